The van der Waals surface area contributed by atoms with E-state index in [1.54, 1.807) is 0 Å². The Morgan fingerprint density at radius 3 is 2.48 bits per heavy atom. The van der Waals surface area contributed by atoms with Crippen molar-refractivity contribution in [3.05, 3.63) is 35.4 Å². The smallest absolute Gasteiger partial charge is 0.415 e. The lowest BCUT2D eigenvalue weighted by molar-refractivity contribution is -0.433. The number of hydrogen-bond donors (Lipinski definition) is 1. The summed E-state index contributed by atoms with van der Waals surface area (Å²) in [6.07, 6.45) is 4.86. The van der Waals surface area contributed by atoms with E-state index in [9.17, 15) is 13.6 Å². The highest BCUT2D eigenvalue weighted by Gasteiger charge is 2.48. The molecule has 0 amide bonds. The third-order valence-electron chi connectivity index (χ3n) is 5.79. The molecular weight excluding hydrogens is 378 g/mol. The summed E-state index contributed by atoms with van der Waals surface area (Å²) in [5.41, 5.74) is 2.48. The van der Waals surface area contributed by atoms with Crippen molar-refractivity contribution in [1.82, 2.24) is 0 Å². The third-order valence-corrected chi connectivity index (χ3v) is 6.30. The topological polar surface area (TPSA) is 65.0 Å². The second-order valence-corrected chi connectivity index (χ2v) is 8.21. The monoisotopic (exact) mass is 402 g/mol. The molecule has 0 bridgehead atoms. The van der Waals surface area contributed by atoms with Crippen molar-refractivity contribution < 1.29 is 32.9 Å². The molecule has 2 aliphatic rings. The number of esters is 1. The molecule has 2 saturated carbocycles. The van der Waals surface area contributed by atoms with Crippen LogP contribution in [-0.4, -0.2) is 22.6 Å². The number of carbonyl (C=O) groups excluding carboxylic acids is 1. The Morgan fingerprint density at radius 2 is 1.78 bits per heavy atom. The number of halogens is 2. The van der Waals surface area contributed by atoms with Crippen molar-refractivity contribution in [1.29, 1.82) is 0 Å². The average Bonchev–Trinajstić information content (AvgIpc) is 2.67. The quantitative estimate of drug-likeness (QED) is 0.303. The summed E-state index contributed by atoms with van der Waals surface area (Å²) in [6, 6.07) is 8.49. The SMILES string of the molecule is Cc1ccc(C2CCCC3C(OC(=O)C(F)(F)SOOO)CCCC23)cc1. The molecule has 0 radical (unpaired) electrons. The molecule has 1 N–H and O–H groups in total. The number of ether oxygens (including phenoxy) is 1. The Bertz CT molecular complexity index is 639. The van der Waals surface area contributed by atoms with Crippen LogP contribution >= 0.6 is 12.0 Å². The first-order chi connectivity index (χ1) is 12.9. The zero-order valence-corrected chi connectivity index (χ0v) is 15.9. The fourth-order valence-electron chi connectivity index (χ4n) is 4.62. The molecule has 27 heavy (non-hydrogen) atoms. The molecule has 1 aromatic carbocycles. The van der Waals surface area contributed by atoms with Gasteiger partial charge in [-0.15, -0.1) is 4.33 Å². The van der Waals surface area contributed by atoms with Crippen LogP contribution in [0, 0.1) is 18.8 Å². The van der Waals surface area contributed by atoms with E-state index < -0.39 is 29.4 Å². The molecule has 8 heteroatoms. The first-order valence-electron chi connectivity index (χ1n) is 9.23. The minimum Gasteiger partial charge on any atom is -0.457 e. The van der Waals surface area contributed by atoms with Gasteiger partial charge in [0, 0.05) is 0 Å². The highest BCUT2D eigenvalue weighted by Crippen LogP contribution is 2.49. The largest absolute Gasteiger partial charge is 0.457 e. The zero-order valence-electron chi connectivity index (χ0n) is 15.1. The number of rotatable bonds is 6. The number of aryl methyl sites for hydroxylation is 1. The van der Waals surface area contributed by atoms with Crippen molar-refractivity contribution in [2.45, 2.75) is 62.7 Å². The van der Waals surface area contributed by atoms with E-state index in [4.69, 9.17) is 9.99 Å². The van der Waals surface area contributed by atoms with Crippen LogP contribution in [-0.2, 0) is 18.9 Å². The molecule has 2 aliphatic carbocycles. The van der Waals surface area contributed by atoms with Gasteiger partial charge >= 0.3 is 11.2 Å². The van der Waals surface area contributed by atoms with E-state index in [0.717, 1.165) is 32.1 Å². The highest BCUT2D eigenvalue weighted by atomic mass is 32.2. The minimum absolute atomic E-state index is 0.0820. The van der Waals surface area contributed by atoms with Crippen LogP contribution in [0.25, 0.3) is 0 Å². The molecule has 150 valence electrons. The van der Waals surface area contributed by atoms with Gasteiger partial charge in [-0.3, -0.25) is 0 Å². The number of benzene rings is 1. The van der Waals surface area contributed by atoms with E-state index in [0.29, 0.717) is 18.3 Å². The molecular formula is C19H24F2O5S. The molecule has 2 fully saturated rings. The third kappa shape index (κ3) is 4.80. The van der Waals surface area contributed by atoms with Crippen LogP contribution in [0.2, 0.25) is 0 Å². The second kappa shape index (κ2) is 8.86. The Balaban J connectivity index is 1.70. The van der Waals surface area contributed by atoms with Gasteiger partial charge in [0.25, 0.3) is 0 Å². The predicted octanol–water partition coefficient (Wildman–Crippen LogP) is 5.25. The van der Waals surface area contributed by atoms with Gasteiger partial charge < -0.3 is 4.74 Å². The summed E-state index contributed by atoms with van der Waals surface area (Å²) in [7, 11) is 0. The van der Waals surface area contributed by atoms with E-state index in [2.05, 4.69) is 33.6 Å². The Kier molecular flexibility index (Phi) is 6.73. The van der Waals surface area contributed by atoms with Crippen LogP contribution in [0.4, 0.5) is 8.78 Å². The van der Waals surface area contributed by atoms with E-state index in [-0.39, 0.29) is 5.92 Å². The van der Waals surface area contributed by atoms with Gasteiger partial charge in [0.05, 0.1) is 0 Å². The maximum absolute atomic E-state index is 13.7. The summed E-state index contributed by atoms with van der Waals surface area (Å²) in [4.78, 5) is 11.9. The number of fused-ring (bicyclic) bond motifs is 1. The normalized spacial score (nSPS) is 28.4. The first-order valence-corrected chi connectivity index (χ1v) is 9.98. The molecule has 1 aromatic rings. The standard InChI is InChI=1S/C19H24F2O5S/c1-12-8-10-13(11-9-12)14-4-2-6-16-15(14)5-3-7-17(16)24-18(22)19(20,21)27-26-25-23/h8-11,14-17,23H,2-7H2,1H3. The van der Waals surface area contributed by atoms with Gasteiger partial charge in [-0.05, 0) is 62.3 Å². The molecule has 5 nitrogen and oxygen atoms in total. The van der Waals surface area contributed by atoms with Gasteiger partial charge in [0.1, 0.15) is 18.1 Å². The summed E-state index contributed by atoms with van der Waals surface area (Å²) in [5, 5.41) is 7.22. The van der Waals surface area contributed by atoms with Gasteiger partial charge in [0.2, 0.25) is 0 Å². The molecule has 0 aliphatic heterocycles. The van der Waals surface area contributed by atoms with Crippen LogP contribution in [0.3, 0.4) is 0 Å². The van der Waals surface area contributed by atoms with Crippen molar-refractivity contribution in [3.8, 4) is 0 Å². The van der Waals surface area contributed by atoms with Crippen LogP contribution < -0.4 is 0 Å². The van der Waals surface area contributed by atoms with E-state index in [1.807, 2.05) is 6.92 Å². The van der Waals surface area contributed by atoms with Crippen molar-refractivity contribution in [3.63, 3.8) is 0 Å². The second-order valence-electron chi connectivity index (χ2n) is 7.39. The number of alkyl halides is 2. The zero-order chi connectivity index (χ0) is 19.4. The average molecular weight is 402 g/mol. The maximum atomic E-state index is 13.7. The Labute approximate surface area is 161 Å². The summed E-state index contributed by atoms with van der Waals surface area (Å²) >= 11 is -0.577. The summed E-state index contributed by atoms with van der Waals surface area (Å²) in [5.74, 6) is -0.885. The van der Waals surface area contributed by atoms with Gasteiger partial charge in [0.15, 0.2) is 0 Å². The Hall–Kier alpha value is -1.22. The van der Waals surface area contributed by atoms with Crippen molar-refractivity contribution >= 4 is 18.0 Å². The molecule has 0 spiro atoms. The number of hydrogen-bond acceptors (Lipinski definition) is 6. The minimum atomic E-state index is -3.94. The van der Waals surface area contributed by atoms with Crippen LogP contribution in [0.15, 0.2) is 24.3 Å². The highest BCUT2D eigenvalue weighted by molar-refractivity contribution is 7.96. The molecule has 4 unspecified atom stereocenters. The lowest BCUT2D eigenvalue weighted by Gasteiger charge is -2.45. The first kappa shape index (κ1) is 20.5. The van der Waals surface area contributed by atoms with Crippen LogP contribution in [0.1, 0.15) is 55.6 Å². The molecule has 0 saturated heterocycles. The maximum Gasteiger partial charge on any atom is 0.415 e. The Morgan fingerprint density at radius 1 is 1.11 bits per heavy atom. The number of carbonyl (C=O) groups is 1. The van der Waals surface area contributed by atoms with E-state index >= 15 is 0 Å². The van der Waals surface area contributed by atoms with Gasteiger partial charge in [-0.25, -0.2) is 10.1 Å². The molecule has 3 rings (SSSR count). The fraction of sp³-hybridized carbons (Fsp3) is 0.632. The summed E-state index contributed by atoms with van der Waals surface area (Å²) in [6.45, 7) is 2.05. The molecule has 4 atom stereocenters. The lowest BCUT2D eigenvalue weighted by Crippen LogP contribution is -2.43. The van der Waals surface area contributed by atoms with Crippen molar-refractivity contribution in [2.75, 3.05) is 0 Å². The molecule has 0 aromatic heterocycles. The van der Waals surface area contributed by atoms with Gasteiger partial charge in [-0.1, -0.05) is 41.3 Å². The molecule has 0 heterocycles. The van der Waals surface area contributed by atoms with Crippen LogP contribution in [0.5, 0.6) is 0 Å². The summed E-state index contributed by atoms with van der Waals surface area (Å²) < 4.78 is 36.4. The van der Waals surface area contributed by atoms with Gasteiger partial charge in [-0.2, -0.15) is 8.78 Å². The predicted molar refractivity (Wildman–Crippen MR) is 95.8 cm³/mol. The van der Waals surface area contributed by atoms with Crippen molar-refractivity contribution in [2.24, 2.45) is 11.8 Å². The fourth-order valence-corrected chi connectivity index (χ4v) is 4.85. The lowest BCUT2D eigenvalue weighted by atomic mass is 9.62. The van der Waals surface area contributed by atoms with E-state index in [1.165, 1.54) is 11.1 Å².